The van der Waals surface area contributed by atoms with E-state index < -0.39 is 28.3 Å². The minimum atomic E-state index is -1.14. The molecule has 0 saturated carbocycles. The first-order valence-corrected chi connectivity index (χ1v) is 8.97. The van der Waals surface area contributed by atoms with E-state index in [0.29, 0.717) is 12.2 Å². The summed E-state index contributed by atoms with van der Waals surface area (Å²) in [6.45, 7) is 1.89. The lowest BCUT2D eigenvalue weighted by molar-refractivity contribution is -0.250. The fourth-order valence-corrected chi connectivity index (χ4v) is 4.07. The van der Waals surface area contributed by atoms with Gasteiger partial charge >= 0.3 is 11.7 Å². The van der Waals surface area contributed by atoms with Crippen molar-refractivity contribution in [1.82, 2.24) is 9.55 Å². The predicted molar refractivity (Wildman–Crippen MR) is 88.8 cm³/mol. The molecule has 1 unspecified atom stereocenters. The standard InChI is InChI=1S/C15H20N2O7S/c1-3-9(13(19)20)25-6-8-11-12(23-11)15(22-2,24-8)7-17-5-4-10(18)16-14(17)21/h4-5,8-9,11-12H,3,6-7H2,1-2H3,(H,19,20)(H,16,18,21)/t8-,9?,11+,12+,15+/m1/s1. The summed E-state index contributed by atoms with van der Waals surface area (Å²) in [6, 6.07) is 1.25. The maximum Gasteiger partial charge on any atom is 0.328 e. The highest BCUT2D eigenvalue weighted by atomic mass is 32.2. The van der Waals surface area contributed by atoms with Crippen LogP contribution in [0, 0.1) is 0 Å². The Labute approximate surface area is 147 Å². The molecule has 138 valence electrons. The van der Waals surface area contributed by atoms with Gasteiger partial charge in [-0.3, -0.25) is 19.1 Å². The van der Waals surface area contributed by atoms with Crippen LogP contribution < -0.4 is 11.2 Å². The second-order valence-corrected chi connectivity index (χ2v) is 7.24. The number of carbonyl (C=O) groups is 1. The summed E-state index contributed by atoms with van der Waals surface area (Å²) >= 11 is 1.30. The van der Waals surface area contributed by atoms with E-state index >= 15 is 0 Å². The summed E-state index contributed by atoms with van der Waals surface area (Å²) in [6.07, 6.45) is 1.07. The maximum atomic E-state index is 11.9. The van der Waals surface area contributed by atoms with Crippen molar-refractivity contribution < 1.29 is 24.1 Å². The van der Waals surface area contributed by atoms with Crippen molar-refractivity contribution in [2.75, 3.05) is 12.9 Å². The number of hydrogen-bond donors (Lipinski definition) is 2. The van der Waals surface area contributed by atoms with Gasteiger partial charge in [0, 0.05) is 25.1 Å². The van der Waals surface area contributed by atoms with E-state index in [1.54, 1.807) is 0 Å². The third kappa shape index (κ3) is 3.52. The number of methoxy groups -OCH3 is 1. The Bertz CT molecular complexity index is 763. The molecule has 0 aromatic carbocycles. The Balaban J connectivity index is 1.70. The number of aliphatic carboxylic acids is 1. The van der Waals surface area contributed by atoms with Gasteiger partial charge < -0.3 is 19.3 Å². The quantitative estimate of drug-likeness (QED) is 0.593. The number of carboxylic acid groups (broad SMARTS) is 1. The van der Waals surface area contributed by atoms with Crippen molar-refractivity contribution in [2.24, 2.45) is 0 Å². The second kappa shape index (κ2) is 6.94. The van der Waals surface area contributed by atoms with Gasteiger partial charge in [-0.2, -0.15) is 0 Å². The summed E-state index contributed by atoms with van der Waals surface area (Å²) in [5.41, 5.74) is -1.03. The fraction of sp³-hybridized carbons (Fsp3) is 0.667. The lowest BCUT2D eigenvalue weighted by Gasteiger charge is -2.30. The molecule has 0 spiro atoms. The summed E-state index contributed by atoms with van der Waals surface area (Å²) in [5.74, 6) is -1.53. The van der Waals surface area contributed by atoms with Crippen molar-refractivity contribution in [2.45, 2.75) is 49.2 Å². The average molecular weight is 372 g/mol. The van der Waals surface area contributed by atoms with Crippen molar-refractivity contribution in [1.29, 1.82) is 0 Å². The first kappa shape index (κ1) is 18.2. The zero-order chi connectivity index (χ0) is 18.2. The van der Waals surface area contributed by atoms with E-state index in [9.17, 15) is 14.4 Å². The van der Waals surface area contributed by atoms with Crippen LogP contribution in [0.4, 0.5) is 0 Å². The molecule has 0 aliphatic carbocycles. The molecule has 1 aromatic rings. The summed E-state index contributed by atoms with van der Waals surface area (Å²) in [5, 5.41) is 8.64. The third-order valence-electron chi connectivity index (χ3n) is 4.42. The van der Waals surface area contributed by atoms with Crippen molar-refractivity contribution in [3.8, 4) is 0 Å². The van der Waals surface area contributed by atoms with Gasteiger partial charge in [0.25, 0.3) is 5.56 Å². The lowest BCUT2D eigenvalue weighted by Crippen LogP contribution is -2.46. The molecular weight excluding hydrogens is 352 g/mol. The van der Waals surface area contributed by atoms with Crippen LogP contribution in [0.5, 0.6) is 0 Å². The molecule has 2 saturated heterocycles. The van der Waals surface area contributed by atoms with Gasteiger partial charge in [-0.1, -0.05) is 6.92 Å². The molecular formula is C15H20N2O7S. The SMILES string of the molecule is CCC(SC[C@H]1O[C@](Cn2ccc(=O)[nH]c2=O)(OC)[C@H]2O[C@@H]12)C(=O)O. The summed E-state index contributed by atoms with van der Waals surface area (Å²) in [4.78, 5) is 36.4. The molecule has 2 aliphatic rings. The number of thioether (sulfide) groups is 1. The van der Waals surface area contributed by atoms with Crippen LogP contribution in [0.3, 0.4) is 0 Å². The topological polar surface area (TPSA) is 123 Å². The first-order valence-electron chi connectivity index (χ1n) is 7.93. The molecule has 5 atom stereocenters. The Morgan fingerprint density at radius 1 is 1.56 bits per heavy atom. The number of nitrogens with one attached hydrogen (secondary N) is 1. The van der Waals surface area contributed by atoms with Crippen LogP contribution in [-0.4, -0.2) is 62.8 Å². The number of H-pyrrole nitrogens is 1. The number of rotatable bonds is 8. The van der Waals surface area contributed by atoms with Crippen molar-refractivity contribution in [3.63, 3.8) is 0 Å². The van der Waals surface area contributed by atoms with Crippen LogP contribution in [-0.2, 0) is 25.5 Å². The van der Waals surface area contributed by atoms with E-state index in [-0.39, 0.29) is 24.9 Å². The number of hydrogen-bond acceptors (Lipinski definition) is 7. The molecule has 0 amide bonds. The van der Waals surface area contributed by atoms with E-state index in [2.05, 4.69) is 4.98 Å². The van der Waals surface area contributed by atoms with Crippen molar-refractivity contribution >= 4 is 17.7 Å². The highest BCUT2D eigenvalue weighted by molar-refractivity contribution is 8.00. The molecule has 1 aromatic heterocycles. The number of carboxylic acids is 1. The van der Waals surface area contributed by atoms with E-state index in [4.69, 9.17) is 19.3 Å². The maximum absolute atomic E-state index is 11.9. The number of ether oxygens (including phenoxy) is 3. The molecule has 2 N–H and O–H groups in total. The van der Waals surface area contributed by atoms with Crippen LogP contribution in [0.1, 0.15) is 13.3 Å². The molecule has 10 heteroatoms. The Morgan fingerprint density at radius 3 is 2.92 bits per heavy atom. The van der Waals surface area contributed by atoms with Gasteiger partial charge in [0.2, 0.25) is 5.79 Å². The van der Waals surface area contributed by atoms with Crippen LogP contribution in [0.15, 0.2) is 21.9 Å². The highest BCUT2D eigenvalue weighted by Gasteiger charge is 2.67. The molecule has 25 heavy (non-hydrogen) atoms. The third-order valence-corrected chi connectivity index (χ3v) is 5.88. The number of aromatic nitrogens is 2. The number of epoxide rings is 1. The normalized spacial score (nSPS) is 31.5. The zero-order valence-corrected chi connectivity index (χ0v) is 14.7. The van der Waals surface area contributed by atoms with Crippen LogP contribution in [0.2, 0.25) is 0 Å². The minimum Gasteiger partial charge on any atom is -0.480 e. The van der Waals surface area contributed by atoms with Gasteiger partial charge in [0.15, 0.2) is 0 Å². The number of fused-ring (bicyclic) bond motifs is 1. The molecule has 0 bridgehead atoms. The largest absolute Gasteiger partial charge is 0.480 e. The highest BCUT2D eigenvalue weighted by Crippen LogP contribution is 2.48. The molecule has 2 aliphatic heterocycles. The average Bonchev–Trinajstić information content (AvgIpc) is 3.31. The van der Waals surface area contributed by atoms with Crippen LogP contribution >= 0.6 is 11.8 Å². The van der Waals surface area contributed by atoms with E-state index in [1.165, 1.54) is 35.7 Å². The van der Waals surface area contributed by atoms with Gasteiger partial charge in [0.05, 0.1) is 12.6 Å². The molecule has 0 radical (unpaired) electrons. The summed E-state index contributed by atoms with van der Waals surface area (Å²) in [7, 11) is 1.47. The van der Waals surface area contributed by atoms with Gasteiger partial charge in [-0.15, -0.1) is 11.8 Å². The molecule has 3 rings (SSSR count). The second-order valence-electron chi connectivity index (χ2n) is 6.00. The Hall–Kier alpha value is -1.62. The summed E-state index contributed by atoms with van der Waals surface area (Å²) < 4.78 is 18.5. The smallest absolute Gasteiger partial charge is 0.328 e. The van der Waals surface area contributed by atoms with E-state index in [0.717, 1.165) is 0 Å². The molecule has 3 heterocycles. The monoisotopic (exact) mass is 372 g/mol. The molecule has 2 fully saturated rings. The fourth-order valence-electron chi connectivity index (χ4n) is 3.02. The van der Waals surface area contributed by atoms with Crippen molar-refractivity contribution in [3.05, 3.63) is 33.1 Å². The minimum absolute atomic E-state index is 0.0670. The predicted octanol–water partition coefficient (Wildman–Crippen LogP) is -0.358. The zero-order valence-electron chi connectivity index (χ0n) is 13.8. The van der Waals surface area contributed by atoms with E-state index in [1.807, 2.05) is 6.92 Å². The lowest BCUT2D eigenvalue weighted by atomic mass is 10.1. The molecule has 9 nitrogen and oxygen atoms in total. The number of aromatic amines is 1. The Morgan fingerprint density at radius 2 is 2.32 bits per heavy atom. The Kier molecular flexibility index (Phi) is 5.05. The number of nitrogens with zero attached hydrogens (tertiary/aromatic N) is 1. The van der Waals surface area contributed by atoms with Gasteiger partial charge in [0.1, 0.15) is 17.5 Å². The van der Waals surface area contributed by atoms with Crippen LogP contribution in [0.25, 0.3) is 0 Å². The first-order chi connectivity index (χ1) is 11.9. The van der Waals surface area contributed by atoms with Gasteiger partial charge in [-0.25, -0.2) is 4.79 Å². The van der Waals surface area contributed by atoms with Gasteiger partial charge in [-0.05, 0) is 6.42 Å².